The molecule has 0 unspecified atom stereocenters. The van der Waals surface area contributed by atoms with Gasteiger partial charge in [0.05, 0.1) is 8.68 Å². The third-order valence-electron chi connectivity index (χ3n) is 2.98. The van der Waals surface area contributed by atoms with E-state index in [4.69, 9.17) is 0 Å². The van der Waals surface area contributed by atoms with Crippen LogP contribution in [0.1, 0.15) is 44.4 Å². The number of unbranched alkanes of at least 4 members (excludes halogenated alkanes) is 2. The van der Waals surface area contributed by atoms with Crippen LogP contribution >= 0.6 is 27.3 Å². The predicted octanol–water partition coefficient (Wildman–Crippen LogP) is 4.41. The van der Waals surface area contributed by atoms with Gasteiger partial charge in [-0.3, -0.25) is 0 Å². The minimum Gasteiger partial charge on any atom is -0.207 e. The monoisotopic (exact) mass is 367 g/mol. The Labute approximate surface area is 129 Å². The number of sulfonamides is 1. The average molecular weight is 368 g/mol. The largest absolute Gasteiger partial charge is 0.244 e. The van der Waals surface area contributed by atoms with Gasteiger partial charge in [0, 0.05) is 18.0 Å². The quantitative estimate of drug-likeness (QED) is 0.682. The van der Waals surface area contributed by atoms with Gasteiger partial charge in [-0.2, -0.15) is 4.31 Å². The van der Waals surface area contributed by atoms with Gasteiger partial charge in [0.1, 0.15) is 0 Å². The van der Waals surface area contributed by atoms with Gasteiger partial charge in [-0.05, 0) is 41.8 Å². The summed E-state index contributed by atoms with van der Waals surface area (Å²) in [6.45, 7) is 7.26. The molecule has 0 aliphatic rings. The summed E-state index contributed by atoms with van der Waals surface area (Å²) in [6, 6.07) is 1.72. The maximum absolute atomic E-state index is 12.7. The van der Waals surface area contributed by atoms with Crippen LogP contribution in [0.2, 0.25) is 0 Å². The molecule has 110 valence electrons. The Bertz CT molecular complexity index is 489. The van der Waals surface area contributed by atoms with E-state index in [1.807, 2.05) is 6.92 Å². The van der Waals surface area contributed by atoms with Gasteiger partial charge >= 0.3 is 0 Å². The molecule has 0 aliphatic carbocycles. The summed E-state index contributed by atoms with van der Waals surface area (Å²) in [6.07, 6.45) is 3.83. The smallest absolute Gasteiger partial charge is 0.207 e. The van der Waals surface area contributed by atoms with Crippen molar-refractivity contribution in [1.82, 2.24) is 4.31 Å². The van der Waals surface area contributed by atoms with Crippen molar-refractivity contribution in [3.63, 3.8) is 0 Å². The summed E-state index contributed by atoms with van der Waals surface area (Å²) >= 11 is 4.84. The van der Waals surface area contributed by atoms with Crippen molar-refractivity contribution in [3.05, 3.63) is 14.7 Å². The van der Waals surface area contributed by atoms with Crippen LogP contribution in [0.3, 0.4) is 0 Å². The van der Waals surface area contributed by atoms with E-state index in [2.05, 4.69) is 29.8 Å². The standard InChI is InChI=1S/C13H22BrNO2S2/c1-4-6-8-15(9-7-5-2)19(16,17)12-10-13(14)18-11(12)3/h10H,4-9H2,1-3H3. The average Bonchev–Trinajstić information content (AvgIpc) is 2.69. The Morgan fingerprint density at radius 3 is 2.11 bits per heavy atom. The molecule has 0 amide bonds. The fourth-order valence-corrected chi connectivity index (χ4v) is 5.75. The molecular formula is C13H22BrNO2S2. The van der Waals surface area contributed by atoms with Crippen molar-refractivity contribution in [2.45, 2.75) is 51.3 Å². The number of aryl methyl sites for hydroxylation is 1. The molecule has 0 aliphatic heterocycles. The van der Waals surface area contributed by atoms with E-state index in [-0.39, 0.29) is 0 Å². The number of hydrogen-bond donors (Lipinski definition) is 0. The Morgan fingerprint density at radius 2 is 1.74 bits per heavy atom. The molecule has 1 aromatic rings. The lowest BCUT2D eigenvalue weighted by atomic mass is 10.3. The third kappa shape index (κ3) is 4.55. The number of halogens is 1. The number of rotatable bonds is 8. The van der Waals surface area contributed by atoms with Crippen LogP contribution in [0.5, 0.6) is 0 Å². The lowest BCUT2D eigenvalue weighted by Crippen LogP contribution is -2.33. The molecule has 0 aromatic carbocycles. The van der Waals surface area contributed by atoms with Gasteiger partial charge in [0.15, 0.2) is 0 Å². The number of thiophene rings is 1. The first kappa shape index (κ1) is 17.1. The zero-order valence-corrected chi connectivity index (χ0v) is 15.0. The van der Waals surface area contributed by atoms with Crippen LogP contribution in [0.4, 0.5) is 0 Å². The van der Waals surface area contributed by atoms with Gasteiger partial charge in [0.25, 0.3) is 0 Å². The van der Waals surface area contributed by atoms with Crippen molar-refractivity contribution in [3.8, 4) is 0 Å². The second-order valence-electron chi connectivity index (χ2n) is 4.58. The zero-order valence-electron chi connectivity index (χ0n) is 11.8. The summed E-state index contributed by atoms with van der Waals surface area (Å²) in [5.74, 6) is 0. The van der Waals surface area contributed by atoms with E-state index in [1.54, 1.807) is 10.4 Å². The number of nitrogens with zero attached hydrogens (tertiary/aromatic N) is 1. The van der Waals surface area contributed by atoms with Crippen LogP contribution in [0.25, 0.3) is 0 Å². The van der Waals surface area contributed by atoms with Gasteiger partial charge in [-0.15, -0.1) is 11.3 Å². The number of hydrogen-bond acceptors (Lipinski definition) is 3. The van der Waals surface area contributed by atoms with Crippen molar-refractivity contribution in [1.29, 1.82) is 0 Å². The van der Waals surface area contributed by atoms with E-state index in [0.717, 1.165) is 34.3 Å². The summed E-state index contributed by atoms with van der Waals surface area (Å²) in [5.41, 5.74) is 0. The minimum absolute atomic E-state index is 0.455. The Hall–Kier alpha value is 0.0900. The highest BCUT2D eigenvalue weighted by atomic mass is 79.9. The first-order chi connectivity index (χ1) is 8.93. The third-order valence-corrected chi connectivity index (χ3v) is 6.69. The van der Waals surface area contributed by atoms with Crippen molar-refractivity contribution < 1.29 is 8.42 Å². The Morgan fingerprint density at radius 1 is 1.21 bits per heavy atom. The summed E-state index contributed by atoms with van der Waals surface area (Å²) in [5, 5.41) is 0. The molecule has 19 heavy (non-hydrogen) atoms. The molecule has 0 radical (unpaired) electrons. The minimum atomic E-state index is -3.34. The fraction of sp³-hybridized carbons (Fsp3) is 0.692. The van der Waals surface area contributed by atoms with Crippen molar-refractivity contribution in [2.75, 3.05) is 13.1 Å². The highest BCUT2D eigenvalue weighted by Gasteiger charge is 2.26. The summed E-state index contributed by atoms with van der Waals surface area (Å²) < 4.78 is 27.9. The molecule has 0 spiro atoms. The summed E-state index contributed by atoms with van der Waals surface area (Å²) in [7, 11) is -3.34. The highest BCUT2D eigenvalue weighted by Crippen LogP contribution is 2.31. The normalized spacial score (nSPS) is 12.3. The van der Waals surface area contributed by atoms with Crippen LogP contribution in [-0.4, -0.2) is 25.8 Å². The molecule has 1 aromatic heterocycles. The Kier molecular flexibility index (Phi) is 7.00. The molecule has 0 saturated carbocycles. The molecular weight excluding hydrogens is 346 g/mol. The van der Waals surface area contributed by atoms with Gasteiger partial charge in [-0.25, -0.2) is 8.42 Å². The molecule has 1 rings (SSSR count). The lowest BCUT2D eigenvalue weighted by molar-refractivity contribution is 0.395. The second kappa shape index (κ2) is 7.76. The van der Waals surface area contributed by atoms with Crippen molar-refractivity contribution in [2.24, 2.45) is 0 Å². The first-order valence-corrected chi connectivity index (χ1v) is 9.74. The molecule has 1 heterocycles. The van der Waals surface area contributed by atoms with Crippen molar-refractivity contribution >= 4 is 37.3 Å². The predicted molar refractivity (Wildman–Crippen MR) is 85.3 cm³/mol. The highest BCUT2D eigenvalue weighted by molar-refractivity contribution is 9.11. The van der Waals surface area contributed by atoms with Crippen LogP contribution in [-0.2, 0) is 10.0 Å². The van der Waals surface area contributed by atoms with Gasteiger partial charge in [-0.1, -0.05) is 26.7 Å². The van der Waals surface area contributed by atoms with E-state index in [0.29, 0.717) is 18.0 Å². The lowest BCUT2D eigenvalue weighted by Gasteiger charge is -2.21. The topological polar surface area (TPSA) is 37.4 Å². The van der Waals surface area contributed by atoms with Gasteiger partial charge in [0.2, 0.25) is 10.0 Å². The first-order valence-electron chi connectivity index (χ1n) is 6.69. The second-order valence-corrected chi connectivity index (χ2v) is 9.12. The van der Waals surface area contributed by atoms with Crippen LogP contribution in [0, 0.1) is 6.92 Å². The Balaban J connectivity index is 3.00. The summed E-state index contributed by atoms with van der Waals surface area (Å²) in [4.78, 5) is 1.31. The van der Waals surface area contributed by atoms with E-state index >= 15 is 0 Å². The molecule has 0 bridgehead atoms. The zero-order chi connectivity index (χ0) is 14.5. The van der Waals surface area contributed by atoms with Crippen LogP contribution in [0.15, 0.2) is 14.7 Å². The molecule has 0 N–H and O–H groups in total. The van der Waals surface area contributed by atoms with E-state index < -0.39 is 10.0 Å². The molecule has 6 heteroatoms. The SMILES string of the molecule is CCCCN(CCCC)S(=O)(=O)c1cc(Br)sc1C. The van der Waals surface area contributed by atoms with Crippen LogP contribution < -0.4 is 0 Å². The van der Waals surface area contributed by atoms with E-state index in [9.17, 15) is 8.42 Å². The molecule has 0 fully saturated rings. The maximum atomic E-state index is 12.7. The fourth-order valence-electron chi connectivity index (χ4n) is 1.85. The molecule has 0 atom stereocenters. The van der Waals surface area contributed by atoms with E-state index in [1.165, 1.54) is 11.3 Å². The molecule has 3 nitrogen and oxygen atoms in total. The maximum Gasteiger partial charge on any atom is 0.244 e. The molecule has 0 saturated heterocycles. The van der Waals surface area contributed by atoms with Gasteiger partial charge < -0.3 is 0 Å².